The fourth-order valence-electron chi connectivity index (χ4n) is 3.44. The number of sulfonamides is 1. The molecule has 3 rings (SSSR count). The van der Waals surface area contributed by atoms with Crippen LogP contribution in [-0.4, -0.2) is 35.1 Å². The van der Waals surface area contributed by atoms with E-state index in [4.69, 9.17) is 21.1 Å². The highest BCUT2D eigenvalue weighted by Crippen LogP contribution is 2.30. The second-order valence-corrected chi connectivity index (χ2v) is 9.92. The quantitative estimate of drug-likeness (QED) is 0.457. The molecule has 0 bridgehead atoms. The molecule has 9 heteroatoms. The van der Waals surface area contributed by atoms with Gasteiger partial charge in [-0.2, -0.15) is 0 Å². The van der Waals surface area contributed by atoms with E-state index < -0.39 is 28.5 Å². The van der Waals surface area contributed by atoms with Crippen molar-refractivity contribution in [2.24, 2.45) is 0 Å². The average Bonchev–Trinajstić information content (AvgIpc) is 2.84. The SMILES string of the molecule is COc1ccc(OC)c([C@H](C)NC(=O)CN(c2ccc(C)c(Cl)c2)S(=O)(=O)c2ccccc2)c1. The number of amides is 1. The predicted molar refractivity (Wildman–Crippen MR) is 133 cm³/mol. The van der Waals surface area contributed by atoms with E-state index in [0.29, 0.717) is 27.8 Å². The molecule has 180 valence electrons. The maximum Gasteiger partial charge on any atom is 0.264 e. The number of nitrogens with one attached hydrogen (secondary N) is 1. The minimum Gasteiger partial charge on any atom is -0.497 e. The first-order valence-corrected chi connectivity index (χ1v) is 12.3. The van der Waals surface area contributed by atoms with Crippen molar-refractivity contribution >= 4 is 33.2 Å². The Bertz CT molecular complexity index is 1270. The van der Waals surface area contributed by atoms with Crippen molar-refractivity contribution in [3.63, 3.8) is 0 Å². The topological polar surface area (TPSA) is 84.9 Å². The largest absolute Gasteiger partial charge is 0.497 e. The zero-order valence-corrected chi connectivity index (χ0v) is 21.0. The van der Waals surface area contributed by atoms with Crippen molar-refractivity contribution < 1.29 is 22.7 Å². The normalized spacial score (nSPS) is 12.0. The summed E-state index contributed by atoms with van der Waals surface area (Å²) < 4.78 is 38.7. The molecule has 34 heavy (non-hydrogen) atoms. The third-order valence-corrected chi connectivity index (χ3v) is 7.54. The number of carbonyl (C=O) groups is 1. The van der Waals surface area contributed by atoms with Gasteiger partial charge in [-0.25, -0.2) is 8.42 Å². The van der Waals surface area contributed by atoms with E-state index in [1.165, 1.54) is 19.2 Å². The van der Waals surface area contributed by atoms with Gasteiger partial charge in [0.1, 0.15) is 18.0 Å². The lowest BCUT2D eigenvalue weighted by molar-refractivity contribution is -0.120. The molecule has 0 aliphatic rings. The van der Waals surface area contributed by atoms with Crippen molar-refractivity contribution in [1.82, 2.24) is 5.32 Å². The highest BCUT2D eigenvalue weighted by atomic mass is 35.5. The number of aryl methyl sites for hydroxylation is 1. The Labute approximate surface area is 205 Å². The number of anilines is 1. The second kappa shape index (κ2) is 10.8. The van der Waals surface area contributed by atoms with Gasteiger partial charge in [-0.3, -0.25) is 9.10 Å². The van der Waals surface area contributed by atoms with E-state index in [-0.39, 0.29) is 4.90 Å². The highest BCUT2D eigenvalue weighted by molar-refractivity contribution is 7.92. The van der Waals surface area contributed by atoms with Gasteiger partial charge >= 0.3 is 0 Å². The third kappa shape index (κ3) is 5.63. The lowest BCUT2D eigenvalue weighted by atomic mass is 10.1. The minimum absolute atomic E-state index is 0.0713. The first-order chi connectivity index (χ1) is 16.2. The number of rotatable bonds is 9. The Morgan fingerprint density at radius 1 is 1.03 bits per heavy atom. The molecule has 7 nitrogen and oxygen atoms in total. The van der Waals surface area contributed by atoms with Crippen molar-refractivity contribution in [2.45, 2.75) is 24.8 Å². The number of benzene rings is 3. The van der Waals surface area contributed by atoms with Gasteiger partial charge in [0.25, 0.3) is 10.0 Å². The summed E-state index contributed by atoms with van der Waals surface area (Å²) in [6, 6.07) is 17.6. The first kappa shape index (κ1) is 25.4. The molecule has 0 spiro atoms. The van der Waals surface area contributed by atoms with E-state index in [1.54, 1.807) is 68.6 Å². The number of halogens is 1. The smallest absolute Gasteiger partial charge is 0.264 e. The first-order valence-electron chi connectivity index (χ1n) is 10.5. The van der Waals surface area contributed by atoms with Gasteiger partial charge in [-0.15, -0.1) is 0 Å². The number of hydrogen-bond donors (Lipinski definition) is 1. The van der Waals surface area contributed by atoms with Crippen LogP contribution in [0.5, 0.6) is 11.5 Å². The maximum absolute atomic E-state index is 13.5. The van der Waals surface area contributed by atoms with Gasteiger partial charge in [-0.1, -0.05) is 35.9 Å². The van der Waals surface area contributed by atoms with Crippen molar-refractivity contribution in [3.8, 4) is 11.5 Å². The summed E-state index contributed by atoms with van der Waals surface area (Å²) in [5, 5.41) is 3.26. The van der Waals surface area contributed by atoms with E-state index >= 15 is 0 Å². The molecule has 0 radical (unpaired) electrons. The molecule has 0 saturated heterocycles. The Morgan fingerprint density at radius 2 is 1.74 bits per heavy atom. The molecule has 0 aromatic heterocycles. The van der Waals surface area contributed by atoms with Gasteiger partial charge in [-0.05, 0) is 61.9 Å². The Kier molecular flexibility index (Phi) is 8.06. The van der Waals surface area contributed by atoms with Crippen LogP contribution in [0.1, 0.15) is 24.1 Å². The molecular formula is C25H27ClN2O5S. The second-order valence-electron chi connectivity index (χ2n) is 7.66. The van der Waals surface area contributed by atoms with Crippen LogP contribution in [0.15, 0.2) is 71.6 Å². The summed E-state index contributed by atoms with van der Waals surface area (Å²) in [5.74, 6) is 0.695. The summed E-state index contributed by atoms with van der Waals surface area (Å²) in [5.41, 5.74) is 1.79. The molecule has 0 unspecified atom stereocenters. The van der Waals surface area contributed by atoms with Gasteiger partial charge < -0.3 is 14.8 Å². The monoisotopic (exact) mass is 502 g/mol. The molecule has 0 aliphatic carbocycles. The molecule has 1 atom stereocenters. The standard InChI is InChI=1S/C25H27ClN2O5S/c1-17-10-11-19(14-23(17)26)28(34(30,31)21-8-6-5-7-9-21)16-25(29)27-18(2)22-15-20(32-3)12-13-24(22)33-4/h5-15,18H,16H2,1-4H3,(H,27,29)/t18-/m0/s1. The number of ether oxygens (including phenoxy) is 2. The van der Waals surface area contributed by atoms with Gasteiger partial charge in [0, 0.05) is 10.6 Å². The molecular weight excluding hydrogens is 476 g/mol. The summed E-state index contributed by atoms with van der Waals surface area (Å²) in [6.07, 6.45) is 0. The molecule has 1 N–H and O–H groups in total. The van der Waals surface area contributed by atoms with Crippen LogP contribution in [-0.2, 0) is 14.8 Å². The zero-order chi connectivity index (χ0) is 24.9. The summed E-state index contributed by atoms with van der Waals surface area (Å²) in [7, 11) is -0.947. The van der Waals surface area contributed by atoms with Crippen molar-refractivity contribution in [1.29, 1.82) is 0 Å². The Balaban J connectivity index is 1.92. The molecule has 0 saturated carbocycles. The Hall–Kier alpha value is -3.23. The molecule has 1 amide bonds. The lowest BCUT2D eigenvalue weighted by Gasteiger charge is -2.26. The summed E-state index contributed by atoms with van der Waals surface area (Å²) >= 11 is 6.27. The van der Waals surface area contributed by atoms with Crippen LogP contribution in [0.25, 0.3) is 0 Å². The fourth-order valence-corrected chi connectivity index (χ4v) is 5.05. The van der Waals surface area contributed by atoms with Gasteiger partial charge in [0.05, 0.1) is 30.8 Å². The van der Waals surface area contributed by atoms with Gasteiger partial charge in [0.2, 0.25) is 5.91 Å². The van der Waals surface area contributed by atoms with Crippen LogP contribution in [0.4, 0.5) is 5.69 Å². The number of hydrogen-bond acceptors (Lipinski definition) is 5. The summed E-state index contributed by atoms with van der Waals surface area (Å²) in [4.78, 5) is 13.1. The predicted octanol–water partition coefficient (Wildman–Crippen LogP) is 4.74. The number of methoxy groups -OCH3 is 2. The molecule has 3 aromatic rings. The van der Waals surface area contributed by atoms with Crippen LogP contribution < -0.4 is 19.1 Å². The lowest BCUT2D eigenvalue weighted by Crippen LogP contribution is -2.41. The van der Waals surface area contributed by atoms with Crippen LogP contribution in [0, 0.1) is 6.92 Å². The van der Waals surface area contributed by atoms with Crippen LogP contribution in [0.3, 0.4) is 0 Å². The van der Waals surface area contributed by atoms with Crippen molar-refractivity contribution in [3.05, 3.63) is 82.9 Å². The van der Waals surface area contributed by atoms with E-state index in [0.717, 1.165) is 9.87 Å². The average molecular weight is 503 g/mol. The maximum atomic E-state index is 13.5. The third-order valence-electron chi connectivity index (χ3n) is 5.34. The van der Waals surface area contributed by atoms with E-state index in [2.05, 4.69) is 5.32 Å². The van der Waals surface area contributed by atoms with Crippen molar-refractivity contribution in [2.75, 3.05) is 25.1 Å². The molecule has 0 fully saturated rings. The minimum atomic E-state index is -4.03. The molecule has 0 aliphatic heterocycles. The van der Waals surface area contributed by atoms with E-state index in [1.807, 2.05) is 6.92 Å². The van der Waals surface area contributed by atoms with Gasteiger partial charge in [0.15, 0.2) is 0 Å². The summed E-state index contributed by atoms with van der Waals surface area (Å²) in [6.45, 7) is 3.17. The zero-order valence-electron chi connectivity index (χ0n) is 19.4. The number of nitrogens with zero attached hydrogens (tertiary/aromatic N) is 1. The number of carbonyl (C=O) groups excluding carboxylic acids is 1. The van der Waals surface area contributed by atoms with E-state index in [9.17, 15) is 13.2 Å². The molecule has 0 heterocycles. The van der Waals surface area contributed by atoms with Crippen LogP contribution >= 0.6 is 11.6 Å². The highest BCUT2D eigenvalue weighted by Gasteiger charge is 2.28. The fraction of sp³-hybridized carbons (Fsp3) is 0.240. The van der Waals surface area contributed by atoms with Crippen LogP contribution in [0.2, 0.25) is 5.02 Å². The Morgan fingerprint density at radius 3 is 2.35 bits per heavy atom. The molecule has 3 aromatic carbocycles.